The van der Waals surface area contributed by atoms with Gasteiger partial charge < -0.3 is 10.4 Å². The molecule has 70 valence electrons. The highest BCUT2D eigenvalue weighted by atomic mass is 16.4. The molecule has 0 aliphatic carbocycles. The van der Waals surface area contributed by atoms with Crippen LogP contribution in [0.1, 0.15) is 20.3 Å². The topological polar surface area (TPSA) is 49.3 Å². The Kier molecular flexibility index (Phi) is 3.09. The minimum Gasteiger partial charge on any atom is -0.481 e. The van der Waals surface area contributed by atoms with Crippen LogP contribution in [0, 0.1) is 17.8 Å². The maximum absolute atomic E-state index is 10.5. The molecular formula is C9H17NO2. The van der Waals surface area contributed by atoms with Gasteiger partial charge in [-0.3, -0.25) is 4.79 Å². The van der Waals surface area contributed by atoms with Gasteiger partial charge in [0, 0.05) is 6.42 Å². The maximum Gasteiger partial charge on any atom is 0.303 e. The van der Waals surface area contributed by atoms with Crippen molar-refractivity contribution < 1.29 is 9.90 Å². The maximum atomic E-state index is 10.5. The first-order valence-electron chi connectivity index (χ1n) is 4.53. The van der Waals surface area contributed by atoms with Crippen LogP contribution in [0.15, 0.2) is 0 Å². The lowest BCUT2D eigenvalue weighted by atomic mass is 9.84. The van der Waals surface area contributed by atoms with Crippen molar-refractivity contribution in [2.24, 2.45) is 17.8 Å². The van der Waals surface area contributed by atoms with Crippen LogP contribution in [0.2, 0.25) is 0 Å². The molecule has 0 bridgehead atoms. The number of carboxylic acid groups (broad SMARTS) is 1. The lowest BCUT2D eigenvalue weighted by Gasteiger charge is -2.20. The number of rotatable bonds is 3. The van der Waals surface area contributed by atoms with Gasteiger partial charge in [-0.2, -0.15) is 0 Å². The van der Waals surface area contributed by atoms with Gasteiger partial charge in [-0.1, -0.05) is 13.8 Å². The highest BCUT2D eigenvalue weighted by Gasteiger charge is 2.30. The Morgan fingerprint density at radius 3 is 2.75 bits per heavy atom. The first-order chi connectivity index (χ1) is 5.61. The van der Waals surface area contributed by atoms with Gasteiger partial charge in [0.15, 0.2) is 0 Å². The molecule has 2 atom stereocenters. The quantitative estimate of drug-likeness (QED) is 0.664. The van der Waals surface area contributed by atoms with Crippen molar-refractivity contribution in [1.29, 1.82) is 0 Å². The van der Waals surface area contributed by atoms with E-state index in [1.54, 1.807) is 0 Å². The molecule has 0 aromatic carbocycles. The fraction of sp³-hybridized carbons (Fsp3) is 0.889. The van der Waals surface area contributed by atoms with Crippen molar-refractivity contribution in [3.05, 3.63) is 0 Å². The lowest BCUT2D eigenvalue weighted by molar-refractivity contribution is -0.138. The predicted octanol–water partition coefficient (Wildman–Crippen LogP) is 0.953. The van der Waals surface area contributed by atoms with Gasteiger partial charge in [0.2, 0.25) is 0 Å². The van der Waals surface area contributed by atoms with Crippen molar-refractivity contribution in [2.75, 3.05) is 13.1 Å². The van der Waals surface area contributed by atoms with E-state index >= 15 is 0 Å². The molecule has 3 nitrogen and oxygen atoms in total. The summed E-state index contributed by atoms with van der Waals surface area (Å²) in [7, 11) is 0. The minimum absolute atomic E-state index is 0.315. The Morgan fingerprint density at radius 1 is 1.58 bits per heavy atom. The second-order valence-corrected chi connectivity index (χ2v) is 3.92. The number of hydrogen-bond acceptors (Lipinski definition) is 2. The van der Waals surface area contributed by atoms with Crippen molar-refractivity contribution in [2.45, 2.75) is 20.3 Å². The second kappa shape index (κ2) is 3.90. The predicted molar refractivity (Wildman–Crippen MR) is 46.9 cm³/mol. The van der Waals surface area contributed by atoms with E-state index in [2.05, 4.69) is 19.2 Å². The Balaban J connectivity index is 2.46. The first kappa shape index (κ1) is 9.52. The molecule has 0 spiro atoms. The molecule has 2 N–H and O–H groups in total. The van der Waals surface area contributed by atoms with Crippen molar-refractivity contribution in [1.82, 2.24) is 5.32 Å². The smallest absolute Gasteiger partial charge is 0.303 e. The Hall–Kier alpha value is -0.570. The van der Waals surface area contributed by atoms with Gasteiger partial charge in [0.1, 0.15) is 0 Å². The Bertz CT molecular complexity index is 168. The fourth-order valence-corrected chi connectivity index (χ4v) is 1.98. The highest BCUT2D eigenvalue weighted by molar-refractivity contribution is 5.67. The molecule has 0 aromatic rings. The third-order valence-electron chi connectivity index (χ3n) is 2.69. The Labute approximate surface area is 73.2 Å². The Morgan fingerprint density at radius 2 is 2.25 bits per heavy atom. The molecule has 0 unspecified atom stereocenters. The van der Waals surface area contributed by atoms with Crippen molar-refractivity contribution in [3.63, 3.8) is 0 Å². The average Bonchev–Trinajstić information content (AvgIpc) is 2.33. The van der Waals surface area contributed by atoms with Crippen LogP contribution in [-0.2, 0) is 4.79 Å². The van der Waals surface area contributed by atoms with E-state index in [-0.39, 0.29) is 0 Å². The molecule has 1 fully saturated rings. The van der Waals surface area contributed by atoms with E-state index in [0.717, 1.165) is 13.1 Å². The standard InChI is InChI=1S/C9H17NO2/c1-6(2)8-5-10-4-7(8)3-9(11)12/h6-8,10H,3-5H2,1-2H3,(H,11,12)/t7-,8+/m0/s1. The fourth-order valence-electron chi connectivity index (χ4n) is 1.98. The van der Waals surface area contributed by atoms with E-state index in [9.17, 15) is 4.79 Å². The zero-order valence-electron chi connectivity index (χ0n) is 7.71. The summed E-state index contributed by atoms with van der Waals surface area (Å²) in [4.78, 5) is 10.5. The zero-order chi connectivity index (χ0) is 9.14. The van der Waals surface area contributed by atoms with Crippen LogP contribution in [0.5, 0.6) is 0 Å². The summed E-state index contributed by atoms with van der Waals surface area (Å²) in [5.74, 6) is 0.794. The van der Waals surface area contributed by atoms with E-state index in [1.165, 1.54) is 0 Å². The molecule has 0 radical (unpaired) electrons. The van der Waals surface area contributed by atoms with E-state index in [0.29, 0.717) is 24.2 Å². The zero-order valence-corrected chi connectivity index (χ0v) is 7.71. The number of aliphatic carboxylic acids is 1. The molecule has 0 saturated carbocycles. The van der Waals surface area contributed by atoms with Gasteiger partial charge in [-0.15, -0.1) is 0 Å². The molecule has 1 rings (SSSR count). The first-order valence-corrected chi connectivity index (χ1v) is 4.53. The van der Waals surface area contributed by atoms with Crippen LogP contribution >= 0.6 is 0 Å². The van der Waals surface area contributed by atoms with Crippen molar-refractivity contribution >= 4 is 5.97 Å². The third kappa shape index (κ3) is 2.21. The summed E-state index contributed by atoms with van der Waals surface area (Å²) in [5, 5.41) is 11.9. The lowest BCUT2D eigenvalue weighted by Crippen LogP contribution is -2.20. The number of carboxylic acids is 1. The number of hydrogen-bond donors (Lipinski definition) is 2. The summed E-state index contributed by atoms with van der Waals surface area (Å²) in [6, 6.07) is 0. The van der Waals surface area contributed by atoms with E-state index in [1.807, 2.05) is 0 Å². The molecule has 12 heavy (non-hydrogen) atoms. The second-order valence-electron chi connectivity index (χ2n) is 3.92. The summed E-state index contributed by atoms with van der Waals surface area (Å²) in [5.41, 5.74) is 0. The van der Waals surface area contributed by atoms with Crippen LogP contribution in [-0.4, -0.2) is 24.2 Å². The minimum atomic E-state index is -0.672. The summed E-state index contributed by atoms with van der Waals surface area (Å²) in [6.45, 7) is 6.17. The average molecular weight is 171 g/mol. The summed E-state index contributed by atoms with van der Waals surface area (Å²) in [6.07, 6.45) is 0.315. The summed E-state index contributed by atoms with van der Waals surface area (Å²) < 4.78 is 0. The molecular weight excluding hydrogens is 154 g/mol. The third-order valence-corrected chi connectivity index (χ3v) is 2.69. The molecule has 1 heterocycles. The van der Waals surface area contributed by atoms with Crippen molar-refractivity contribution in [3.8, 4) is 0 Å². The van der Waals surface area contributed by atoms with Crippen LogP contribution in [0.3, 0.4) is 0 Å². The van der Waals surface area contributed by atoms with Gasteiger partial charge in [0.25, 0.3) is 0 Å². The number of nitrogens with one attached hydrogen (secondary N) is 1. The largest absolute Gasteiger partial charge is 0.481 e. The molecule has 3 heteroatoms. The van der Waals surface area contributed by atoms with Crippen LogP contribution in [0.4, 0.5) is 0 Å². The molecule has 0 aromatic heterocycles. The van der Waals surface area contributed by atoms with Crippen LogP contribution < -0.4 is 5.32 Å². The highest BCUT2D eigenvalue weighted by Crippen LogP contribution is 2.26. The molecule has 1 aliphatic heterocycles. The van der Waals surface area contributed by atoms with Crippen LogP contribution in [0.25, 0.3) is 0 Å². The van der Waals surface area contributed by atoms with Gasteiger partial charge in [0.05, 0.1) is 0 Å². The van der Waals surface area contributed by atoms with E-state index < -0.39 is 5.97 Å². The summed E-state index contributed by atoms with van der Waals surface area (Å²) >= 11 is 0. The van der Waals surface area contributed by atoms with Gasteiger partial charge in [-0.25, -0.2) is 0 Å². The van der Waals surface area contributed by atoms with E-state index in [4.69, 9.17) is 5.11 Å². The normalized spacial score (nSPS) is 29.6. The molecule has 1 saturated heterocycles. The van der Waals surface area contributed by atoms with Gasteiger partial charge in [-0.05, 0) is 30.8 Å². The monoisotopic (exact) mass is 171 g/mol. The molecule has 1 aliphatic rings. The SMILES string of the molecule is CC(C)[C@H]1CNC[C@@H]1CC(=O)O. The molecule has 0 amide bonds. The number of carbonyl (C=O) groups is 1. The van der Waals surface area contributed by atoms with Gasteiger partial charge >= 0.3 is 5.97 Å².